The lowest BCUT2D eigenvalue weighted by Gasteiger charge is -2.32. The molecule has 0 aliphatic carbocycles. The van der Waals surface area contributed by atoms with Gasteiger partial charge in [-0.2, -0.15) is 0 Å². The molecular formula is C18H20N4O6. The molecule has 2 heterocycles. The van der Waals surface area contributed by atoms with Gasteiger partial charge in [-0.15, -0.1) is 0 Å². The van der Waals surface area contributed by atoms with Crippen LogP contribution < -0.4 is 5.32 Å². The Kier molecular flexibility index (Phi) is 5.32. The quantitative estimate of drug-likeness (QED) is 0.635. The molecule has 0 radical (unpaired) electrons. The van der Waals surface area contributed by atoms with Crippen LogP contribution in [-0.2, 0) is 20.9 Å². The maximum absolute atomic E-state index is 12.6. The van der Waals surface area contributed by atoms with E-state index >= 15 is 0 Å². The van der Waals surface area contributed by atoms with Crippen LogP contribution in [0.2, 0.25) is 0 Å². The molecule has 0 atom stereocenters. The summed E-state index contributed by atoms with van der Waals surface area (Å²) in [5.41, 5.74) is -0.152. The van der Waals surface area contributed by atoms with Gasteiger partial charge in [0, 0.05) is 37.8 Å². The highest BCUT2D eigenvalue weighted by Gasteiger charge is 2.24. The molecule has 2 aromatic rings. The van der Waals surface area contributed by atoms with Crippen molar-refractivity contribution in [1.29, 1.82) is 0 Å². The van der Waals surface area contributed by atoms with Gasteiger partial charge in [-0.05, 0) is 19.2 Å². The zero-order valence-corrected chi connectivity index (χ0v) is 15.2. The topological polar surface area (TPSA) is 132 Å². The fourth-order valence-corrected chi connectivity index (χ4v) is 3.23. The van der Waals surface area contributed by atoms with Gasteiger partial charge in [0.25, 0.3) is 0 Å². The molecule has 1 saturated heterocycles. The number of carboxylic acid groups (broad SMARTS) is 2. The first-order chi connectivity index (χ1) is 13.3. The van der Waals surface area contributed by atoms with Gasteiger partial charge in [-0.25, -0.2) is 9.59 Å². The molecule has 3 rings (SSSR count). The van der Waals surface area contributed by atoms with Crippen molar-refractivity contribution in [1.82, 2.24) is 14.4 Å². The summed E-state index contributed by atoms with van der Waals surface area (Å²) in [4.78, 5) is 50.6. The molecule has 0 unspecified atom stereocenters. The van der Waals surface area contributed by atoms with E-state index < -0.39 is 17.8 Å². The largest absolute Gasteiger partial charge is 0.478 e. The number of aromatic carboxylic acids is 1. The Hall–Kier alpha value is -3.40. The maximum atomic E-state index is 12.6. The van der Waals surface area contributed by atoms with E-state index in [0.717, 1.165) is 13.1 Å². The van der Waals surface area contributed by atoms with Crippen LogP contribution in [0.4, 0.5) is 5.69 Å². The third kappa shape index (κ3) is 3.81. The van der Waals surface area contributed by atoms with E-state index in [2.05, 4.69) is 10.2 Å². The minimum atomic E-state index is -1.72. The second-order valence-corrected chi connectivity index (χ2v) is 6.62. The van der Waals surface area contributed by atoms with E-state index in [1.165, 1.54) is 10.6 Å². The summed E-state index contributed by atoms with van der Waals surface area (Å²) in [7, 11) is 1.98. The number of rotatable bonds is 4. The average molecular weight is 388 g/mol. The molecule has 0 saturated carbocycles. The summed E-state index contributed by atoms with van der Waals surface area (Å²) in [6, 6.07) is 4.57. The van der Waals surface area contributed by atoms with Gasteiger partial charge in [0.05, 0.1) is 11.2 Å². The smallest absolute Gasteiger partial charge is 0.394 e. The molecule has 0 spiro atoms. The molecule has 1 aliphatic rings. The van der Waals surface area contributed by atoms with E-state index in [-0.39, 0.29) is 29.2 Å². The van der Waals surface area contributed by atoms with Crippen LogP contribution in [0.3, 0.4) is 0 Å². The van der Waals surface area contributed by atoms with Crippen molar-refractivity contribution < 1.29 is 29.4 Å². The highest BCUT2D eigenvalue weighted by atomic mass is 16.4. The number of carbonyl (C=O) groups excluding carboxylic acids is 2. The predicted molar refractivity (Wildman–Crippen MR) is 99.2 cm³/mol. The summed E-state index contributed by atoms with van der Waals surface area (Å²) in [5, 5.41) is 21.1. The molecule has 10 heteroatoms. The molecular weight excluding hydrogens is 368 g/mol. The summed E-state index contributed by atoms with van der Waals surface area (Å²) in [6.07, 6.45) is 1.61. The Labute approximate surface area is 159 Å². The van der Waals surface area contributed by atoms with E-state index in [9.17, 15) is 24.3 Å². The fourth-order valence-electron chi connectivity index (χ4n) is 3.23. The van der Waals surface area contributed by atoms with Crippen LogP contribution in [0.5, 0.6) is 0 Å². The van der Waals surface area contributed by atoms with Crippen LogP contribution in [0.1, 0.15) is 10.4 Å². The second kappa shape index (κ2) is 7.69. The molecule has 1 aromatic carbocycles. The van der Waals surface area contributed by atoms with Crippen LogP contribution in [0.15, 0.2) is 24.4 Å². The Bertz CT molecular complexity index is 958. The number of nitrogens with zero attached hydrogens (tertiary/aromatic N) is 3. The SMILES string of the molecule is CN1CCN(C(=O)Cn2ccc3ccc(NC(=O)C(=O)O)c(C(=O)O)c32)CC1. The van der Waals surface area contributed by atoms with Crippen molar-refractivity contribution >= 4 is 40.3 Å². The predicted octanol–water partition coefficient (Wildman–Crippen LogP) is 0.137. The van der Waals surface area contributed by atoms with Crippen molar-refractivity contribution in [3.05, 3.63) is 30.0 Å². The fraction of sp³-hybridized carbons (Fsp3) is 0.333. The lowest BCUT2D eigenvalue weighted by molar-refractivity contribution is -0.147. The van der Waals surface area contributed by atoms with Crippen LogP contribution in [-0.4, -0.2) is 81.6 Å². The number of benzene rings is 1. The molecule has 3 N–H and O–H groups in total. The van der Waals surface area contributed by atoms with Crippen molar-refractivity contribution in [3.63, 3.8) is 0 Å². The van der Waals surface area contributed by atoms with Gasteiger partial charge in [0.2, 0.25) is 5.91 Å². The second-order valence-electron chi connectivity index (χ2n) is 6.62. The Morgan fingerprint density at radius 2 is 1.71 bits per heavy atom. The van der Waals surface area contributed by atoms with Gasteiger partial charge in [-0.1, -0.05) is 6.07 Å². The number of aromatic nitrogens is 1. The third-order valence-corrected chi connectivity index (χ3v) is 4.75. The molecule has 1 aliphatic heterocycles. The standard InChI is InChI=1S/C18H20N4O6/c1-20-6-8-21(9-7-20)13(23)10-22-5-4-11-2-3-12(19-16(24)18(27)28)14(15(11)22)17(25)26/h2-5H,6-10H2,1H3,(H,19,24)(H,25,26)(H,27,28). The minimum absolute atomic E-state index is 0.0518. The summed E-state index contributed by atoms with van der Waals surface area (Å²) in [5.74, 6) is -4.54. The summed E-state index contributed by atoms with van der Waals surface area (Å²) in [6.45, 7) is 2.68. The maximum Gasteiger partial charge on any atom is 0.394 e. The van der Waals surface area contributed by atoms with E-state index in [4.69, 9.17) is 5.11 Å². The first-order valence-electron chi connectivity index (χ1n) is 8.63. The Morgan fingerprint density at radius 1 is 1.04 bits per heavy atom. The van der Waals surface area contributed by atoms with Crippen LogP contribution in [0, 0.1) is 0 Å². The highest BCUT2D eigenvalue weighted by molar-refractivity contribution is 6.37. The summed E-state index contributed by atoms with van der Waals surface area (Å²) >= 11 is 0. The number of hydrogen-bond acceptors (Lipinski definition) is 5. The van der Waals surface area contributed by atoms with Crippen molar-refractivity contribution in [3.8, 4) is 0 Å². The lowest BCUT2D eigenvalue weighted by atomic mass is 10.1. The molecule has 2 amide bonds. The zero-order chi connectivity index (χ0) is 20.4. The van der Waals surface area contributed by atoms with Gasteiger partial charge < -0.3 is 29.9 Å². The third-order valence-electron chi connectivity index (χ3n) is 4.75. The Balaban J connectivity index is 1.95. The number of aliphatic carboxylic acids is 1. The van der Waals surface area contributed by atoms with Crippen molar-refractivity contribution in [2.75, 3.05) is 38.5 Å². The number of fused-ring (bicyclic) bond motifs is 1. The number of nitrogens with one attached hydrogen (secondary N) is 1. The highest BCUT2D eigenvalue weighted by Crippen LogP contribution is 2.28. The lowest BCUT2D eigenvalue weighted by Crippen LogP contribution is -2.48. The Morgan fingerprint density at radius 3 is 2.32 bits per heavy atom. The van der Waals surface area contributed by atoms with Gasteiger partial charge in [0.15, 0.2) is 0 Å². The molecule has 1 fully saturated rings. The van der Waals surface area contributed by atoms with E-state index in [1.807, 2.05) is 7.05 Å². The number of piperazine rings is 1. The normalized spacial score (nSPS) is 14.8. The minimum Gasteiger partial charge on any atom is -0.478 e. The number of carbonyl (C=O) groups is 4. The van der Waals surface area contributed by atoms with E-state index in [1.54, 1.807) is 23.2 Å². The molecule has 28 heavy (non-hydrogen) atoms. The molecule has 1 aromatic heterocycles. The van der Waals surface area contributed by atoms with Gasteiger partial charge >= 0.3 is 17.8 Å². The van der Waals surface area contributed by atoms with Crippen molar-refractivity contribution in [2.45, 2.75) is 6.54 Å². The van der Waals surface area contributed by atoms with Crippen LogP contribution >= 0.6 is 0 Å². The number of amides is 2. The number of anilines is 1. The zero-order valence-electron chi connectivity index (χ0n) is 15.2. The molecule has 148 valence electrons. The summed E-state index contributed by atoms with van der Waals surface area (Å²) < 4.78 is 1.51. The first-order valence-corrected chi connectivity index (χ1v) is 8.63. The first kappa shape index (κ1) is 19.4. The number of hydrogen-bond donors (Lipinski definition) is 3. The monoisotopic (exact) mass is 388 g/mol. The van der Waals surface area contributed by atoms with E-state index in [0.29, 0.717) is 18.5 Å². The van der Waals surface area contributed by atoms with Crippen LogP contribution in [0.25, 0.3) is 10.9 Å². The van der Waals surface area contributed by atoms with Crippen molar-refractivity contribution in [2.24, 2.45) is 0 Å². The number of likely N-dealkylation sites (N-methyl/N-ethyl adjacent to an activating group) is 1. The van der Waals surface area contributed by atoms with Gasteiger partial charge in [-0.3, -0.25) is 9.59 Å². The van der Waals surface area contributed by atoms with Gasteiger partial charge in [0.1, 0.15) is 12.1 Å². The number of carboxylic acids is 2. The molecule has 10 nitrogen and oxygen atoms in total. The average Bonchev–Trinajstić information content (AvgIpc) is 3.04. The molecule has 0 bridgehead atoms.